The Balaban J connectivity index is 3.18. The zero-order valence-electron chi connectivity index (χ0n) is 9.43. The second-order valence-corrected chi connectivity index (χ2v) is 6.27. The number of hydrogen-bond donors (Lipinski definition) is 0. The Hall–Kier alpha value is -0.850. The maximum absolute atomic E-state index is 12.6. The lowest BCUT2D eigenvalue weighted by molar-refractivity contribution is 0.405. The van der Waals surface area contributed by atoms with Crippen molar-refractivity contribution in [1.82, 2.24) is 0 Å². The van der Waals surface area contributed by atoms with Crippen molar-refractivity contribution in [3.63, 3.8) is 0 Å². The van der Waals surface area contributed by atoms with Gasteiger partial charge in [-0.05, 0) is 18.1 Å². The van der Waals surface area contributed by atoms with Crippen LogP contribution in [-0.4, -0.2) is 7.11 Å². The molecule has 0 aromatic heterocycles. The van der Waals surface area contributed by atoms with Crippen LogP contribution in [-0.2, 0) is 9.09 Å². The van der Waals surface area contributed by atoms with Crippen molar-refractivity contribution in [2.45, 2.75) is 13.8 Å². The normalized spacial score (nSPS) is 14.9. The van der Waals surface area contributed by atoms with Crippen molar-refractivity contribution in [1.29, 1.82) is 0 Å². The average Bonchev–Trinajstić information content (AvgIpc) is 2.28. The highest BCUT2D eigenvalue weighted by Gasteiger charge is 2.29. The number of benzene rings is 1. The van der Waals surface area contributed by atoms with Gasteiger partial charge in [-0.15, -0.1) is 0 Å². The smallest absolute Gasteiger partial charge is 0.256 e. The molecule has 0 saturated carbocycles. The lowest BCUT2D eigenvalue weighted by atomic mass is 10.2. The van der Waals surface area contributed by atoms with Crippen LogP contribution in [0.3, 0.4) is 0 Å². The van der Waals surface area contributed by atoms with Crippen LogP contribution in [0.25, 0.3) is 0 Å². The van der Waals surface area contributed by atoms with Crippen molar-refractivity contribution >= 4 is 12.7 Å². The summed E-state index contributed by atoms with van der Waals surface area (Å²) in [6.45, 7) is 7.82. The second-order valence-electron chi connectivity index (χ2n) is 3.72. The molecule has 1 rings (SSSR count). The SMILES string of the molecule is C=C(C(C)C)P(=O)(OC)c1ccccc1. The van der Waals surface area contributed by atoms with Gasteiger partial charge in [-0.3, -0.25) is 4.57 Å². The van der Waals surface area contributed by atoms with Crippen LogP contribution in [0, 0.1) is 5.92 Å². The standard InChI is InChI=1S/C12H17O2P/c1-10(2)11(3)15(13,14-4)12-8-6-5-7-9-12/h5-10H,3H2,1-2,4H3. The van der Waals surface area contributed by atoms with Crippen LogP contribution in [0.15, 0.2) is 42.2 Å². The van der Waals surface area contributed by atoms with Crippen LogP contribution in [0.5, 0.6) is 0 Å². The Kier molecular flexibility index (Phi) is 3.90. The molecule has 15 heavy (non-hydrogen) atoms. The molecular formula is C12H17O2P. The van der Waals surface area contributed by atoms with Crippen LogP contribution in [0.2, 0.25) is 0 Å². The van der Waals surface area contributed by atoms with E-state index in [2.05, 4.69) is 6.58 Å². The zero-order valence-corrected chi connectivity index (χ0v) is 10.3. The van der Waals surface area contributed by atoms with E-state index in [0.29, 0.717) is 10.6 Å². The van der Waals surface area contributed by atoms with Gasteiger partial charge in [-0.1, -0.05) is 38.6 Å². The van der Waals surface area contributed by atoms with Gasteiger partial charge in [0.1, 0.15) is 0 Å². The minimum absolute atomic E-state index is 0.149. The lowest BCUT2D eigenvalue weighted by Gasteiger charge is -2.21. The first-order valence-corrected chi connectivity index (χ1v) is 6.55. The first-order valence-electron chi connectivity index (χ1n) is 4.93. The predicted octanol–water partition coefficient (Wildman–Crippen LogP) is 3.41. The molecule has 82 valence electrons. The molecule has 0 heterocycles. The minimum Gasteiger partial charge on any atom is -0.326 e. The van der Waals surface area contributed by atoms with Crippen molar-refractivity contribution in [2.75, 3.05) is 7.11 Å². The van der Waals surface area contributed by atoms with Gasteiger partial charge >= 0.3 is 0 Å². The molecule has 0 spiro atoms. The summed E-state index contributed by atoms with van der Waals surface area (Å²) < 4.78 is 17.8. The van der Waals surface area contributed by atoms with Crippen LogP contribution in [0.1, 0.15) is 13.8 Å². The molecule has 0 saturated heterocycles. The Morgan fingerprint density at radius 2 is 1.87 bits per heavy atom. The molecule has 1 unspecified atom stereocenters. The Morgan fingerprint density at radius 3 is 2.27 bits per heavy atom. The predicted molar refractivity (Wildman–Crippen MR) is 64.7 cm³/mol. The van der Waals surface area contributed by atoms with E-state index >= 15 is 0 Å². The van der Waals surface area contributed by atoms with Crippen LogP contribution >= 0.6 is 7.37 Å². The number of rotatable bonds is 4. The quantitative estimate of drug-likeness (QED) is 0.732. The molecule has 2 nitrogen and oxygen atoms in total. The van der Waals surface area contributed by atoms with E-state index in [1.54, 1.807) is 0 Å². The molecule has 1 aromatic rings. The molecule has 0 radical (unpaired) electrons. The Bertz CT molecular complexity index is 382. The minimum atomic E-state index is -2.89. The fourth-order valence-electron chi connectivity index (χ4n) is 1.35. The van der Waals surface area contributed by atoms with Gasteiger partial charge in [0.2, 0.25) is 0 Å². The highest BCUT2D eigenvalue weighted by Crippen LogP contribution is 2.54. The van der Waals surface area contributed by atoms with Gasteiger partial charge in [0.15, 0.2) is 0 Å². The van der Waals surface area contributed by atoms with Crippen molar-refractivity contribution in [3.05, 3.63) is 42.2 Å². The summed E-state index contributed by atoms with van der Waals surface area (Å²) in [4.78, 5) is 0. The summed E-state index contributed by atoms with van der Waals surface area (Å²) in [5, 5.41) is 1.38. The number of hydrogen-bond acceptors (Lipinski definition) is 2. The first-order chi connectivity index (χ1) is 7.02. The second kappa shape index (κ2) is 4.78. The van der Waals surface area contributed by atoms with Gasteiger partial charge < -0.3 is 4.52 Å². The van der Waals surface area contributed by atoms with E-state index in [9.17, 15) is 4.57 Å². The lowest BCUT2D eigenvalue weighted by Crippen LogP contribution is -2.09. The van der Waals surface area contributed by atoms with Gasteiger partial charge in [-0.2, -0.15) is 0 Å². The molecule has 0 bridgehead atoms. The Labute approximate surface area is 91.4 Å². The molecule has 1 aromatic carbocycles. The Morgan fingerprint density at radius 1 is 1.33 bits per heavy atom. The summed E-state index contributed by atoms with van der Waals surface area (Å²) in [5.41, 5.74) is 0. The third-order valence-corrected chi connectivity index (χ3v) is 5.16. The summed E-state index contributed by atoms with van der Waals surface area (Å²) >= 11 is 0. The van der Waals surface area contributed by atoms with Gasteiger partial charge in [0.05, 0.1) is 0 Å². The summed E-state index contributed by atoms with van der Waals surface area (Å²) in [7, 11) is -1.42. The van der Waals surface area contributed by atoms with Gasteiger partial charge in [-0.25, -0.2) is 0 Å². The first kappa shape index (κ1) is 12.2. The fraction of sp³-hybridized carbons (Fsp3) is 0.333. The van der Waals surface area contributed by atoms with Gasteiger partial charge in [0, 0.05) is 17.7 Å². The molecule has 0 N–H and O–H groups in total. The molecule has 3 heteroatoms. The van der Waals surface area contributed by atoms with Crippen molar-refractivity contribution in [3.8, 4) is 0 Å². The topological polar surface area (TPSA) is 26.3 Å². The van der Waals surface area contributed by atoms with E-state index in [0.717, 1.165) is 0 Å². The van der Waals surface area contributed by atoms with E-state index in [1.165, 1.54) is 7.11 Å². The van der Waals surface area contributed by atoms with E-state index in [-0.39, 0.29) is 5.92 Å². The monoisotopic (exact) mass is 224 g/mol. The molecule has 0 aliphatic carbocycles. The molecule has 0 amide bonds. The summed E-state index contributed by atoms with van der Waals surface area (Å²) in [6.07, 6.45) is 0. The maximum Gasteiger partial charge on any atom is 0.256 e. The van der Waals surface area contributed by atoms with E-state index in [1.807, 2.05) is 44.2 Å². The number of allylic oxidation sites excluding steroid dienone is 1. The fourth-order valence-corrected chi connectivity index (χ4v) is 3.37. The maximum atomic E-state index is 12.6. The molecule has 0 aliphatic rings. The van der Waals surface area contributed by atoms with Gasteiger partial charge in [0.25, 0.3) is 7.37 Å². The van der Waals surface area contributed by atoms with Crippen LogP contribution in [0.4, 0.5) is 0 Å². The highest BCUT2D eigenvalue weighted by atomic mass is 31.2. The van der Waals surface area contributed by atoms with E-state index in [4.69, 9.17) is 4.52 Å². The third-order valence-electron chi connectivity index (χ3n) is 2.40. The van der Waals surface area contributed by atoms with Crippen LogP contribution < -0.4 is 5.30 Å². The molecule has 0 aliphatic heterocycles. The van der Waals surface area contributed by atoms with Crippen molar-refractivity contribution < 1.29 is 9.09 Å². The molecular weight excluding hydrogens is 207 g/mol. The largest absolute Gasteiger partial charge is 0.326 e. The average molecular weight is 224 g/mol. The third kappa shape index (κ3) is 2.39. The van der Waals surface area contributed by atoms with E-state index < -0.39 is 7.37 Å². The zero-order chi connectivity index (χ0) is 11.5. The molecule has 0 fully saturated rings. The van der Waals surface area contributed by atoms with Crippen molar-refractivity contribution in [2.24, 2.45) is 5.92 Å². The summed E-state index contributed by atoms with van der Waals surface area (Å²) in [5.74, 6) is 0.149. The molecule has 1 atom stereocenters. The highest BCUT2D eigenvalue weighted by molar-refractivity contribution is 7.71. The summed E-state index contributed by atoms with van der Waals surface area (Å²) in [6, 6.07) is 9.24.